The van der Waals surface area contributed by atoms with Gasteiger partial charge in [0.2, 0.25) is 0 Å². The highest BCUT2D eigenvalue weighted by atomic mass is 32.2. The third-order valence-electron chi connectivity index (χ3n) is 3.27. The lowest BCUT2D eigenvalue weighted by Crippen LogP contribution is -2.25. The molecule has 0 radical (unpaired) electrons. The smallest absolute Gasteiger partial charge is 0.0591 e. The van der Waals surface area contributed by atoms with E-state index in [1.165, 1.54) is 20.9 Å². The fourth-order valence-corrected chi connectivity index (χ4v) is 4.72. The Kier molecular flexibility index (Phi) is 5.08. The van der Waals surface area contributed by atoms with Crippen molar-refractivity contribution < 1.29 is 0 Å². The van der Waals surface area contributed by atoms with Crippen LogP contribution in [-0.2, 0) is 0 Å². The van der Waals surface area contributed by atoms with Crippen LogP contribution in [-0.4, -0.2) is 6.04 Å². The molecule has 2 rings (SSSR count). The summed E-state index contributed by atoms with van der Waals surface area (Å²) in [5.41, 5.74) is 9.01. The summed E-state index contributed by atoms with van der Waals surface area (Å²) in [7, 11) is 0. The fourth-order valence-electron chi connectivity index (χ4n) is 2.06. The van der Waals surface area contributed by atoms with Crippen molar-refractivity contribution in [2.45, 2.75) is 43.4 Å². The summed E-state index contributed by atoms with van der Waals surface area (Å²) >= 11 is 3.72. The molecule has 1 nitrogen and oxygen atoms in total. The van der Waals surface area contributed by atoms with Crippen molar-refractivity contribution in [3.05, 3.63) is 51.7 Å². The lowest BCUT2D eigenvalue weighted by atomic mass is 10.1. The molecular weight excluding hydrogens is 270 g/mol. The molecule has 2 aromatic rings. The highest BCUT2D eigenvalue weighted by molar-refractivity contribution is 7.99. The summed E-state index contributed by atoms with van der Waals surface area (Å²) in [4.78, 5) is 2.72. The summed E-state index contributed by atoms with van der Waals surface area (Å²) in [5.74, 6) is 0. The van der Waals surface area contributed by atoms with Crippen LogP contribution in [0.5, 0.6) is 0 Å². The summed E-state index contributed by atoms with van der Waals surface area (Å²) in [5, 5.41) is 2.52. The Morgan fingerprint density at radius 2 is 2.05 bits per heavy atom. The third kappa shape index (κ3) is 3.62. The van der Waals surface area contributed by atoms with Crippen molar-refractivity contribution in [3.8, 4) is 0 Å². The molecule has 2 unspecified atom stereocenters. The number of benzene rings is 1. The number of hydrogen-bond acceptors (Lipinski definition) is 3. The van der Waals surface area contributed by atoms with Gasteiger partial charge in [-0.05, 0) is 49.4 Å². The molecule has 0 aliphatic rings. The van der Waals surface area contributed by atoms with Gasteiger partial charge in [0, 0.05) is 15.8 Å². The molecule has 0 spiro atoms. The van der Waals surface area contributed by atoms with Crippen LogP contribution < -0.4 is 5.73 Å². The molecule has 0 saturated heterocycles. The van der Waals surface area contributed by atoms with Gasteiger partial charge in [-0.3, -0.25) is 0 Å². The molecule has 0 aliphatic carbocycles. The van der Waals surface area contributed by atoms with Gasteiger partial charge in [-0.25, -0.2) is 0 Å². The van der Waals surface area contributed by atoms with Crippen LogP contribution in [0.3, 0.4) is 0 Å². The van der Waals surface area contributed by atoms with E-state index in [4.69, 9.17) is 5.73 Å². The number of thioether (sulfide) groups is 1. The maximum atomic E-state index is 6.35. The van der Waals surface area contributed by atoms with E-state index >= 15 is 0 Å². The van der Waals surface area contributed by atoms with E-state index < -0.39 is 0 Å². The highest BCUT2D eigenvalue weighted by Crippen LogP contribution is 2.41. The van der Waals surface area contributed by atoms with Crippen LogP contribution in [0.15, 0.2) is 40.6 Å². The summed E-state index contributed by atoms with van der Waals surface area (Å²) < 4.78 is 0. The van der Waals surface area contributed by atoms with Crippen LogP contribution >= 0.6 is 23.1 Å². The molecule has 0 saturated carbocycles. The van der Waals surface area contributed by atoms with E-state index in [0.29, 0.717) is 5.25 Å². The molecule has 0 bridgehead atoms. The van der Waals surface area contributed by atoms with Crippen molar-refractivity contribution in [1.29, 1.82) is 0 Å². The molecule has 1 heterocycles. The third-order valence-corrected chi connectivity index (χ3v) is 5.89. The van der Waals surface area contributed by atoms with E-state index in [9.17, 15) is 0 Å². The molecular formula is C16H21NS2. The second-order valence-electron chi connectivity index (χ2n) is 4.89. The average molecular weight is 291 g/mol. The maximum Gasteiger partial charge on any atom is 0.0591 e. The number of rotatable bonds is 5. The second kappa shape index (κ2) is 6.60. The van der Waals surface area contributed by atoms with Crippen molar-refractivity contribution in [1.82, 2.24) is 0 Å². The molecule has 19 heavy (non-hydrogen) atoms. The zero-order valence-electron chi connectivity index (χ0n) is 11.7. The standard InChI is InChI=1S/C16H21NS2/c1-4-14(17)16(15-12(3)8-9-18-15)19-13-7-5-6-11(2)10-13/h5-10,14,16H,4,17H2,1-3H3. The minimum absolute atomic E-state index is 0.197. The van der Waals surface area contributed by atoms with E-state index in [0.717, 1.165) is 6.42 Å². The van der Waals surface area contributed by atoms with Gasteiger partial charge in [0.25, 0.3) is 0 Å². The topological polar surface area (TPSA) is 26.0 Å². The van der Waals surface area contributed by atoms with Crippen molar-refractivity contribution in [3.63, 3.8) is 0 Å². The molecule has 0 aliphatic heterocycles. The first-order valence-electron chi connectivity index (χ1n) is 6.64. The van der Waals surface area contributed by atoms with E-state index in [2.05, 4.69) is 56.5 Å². The molecule has 1 aromatic heterocycles. The Morgan fingerprint density at radius 1 is 1.26 bits per heavy atom. The summed E-state index contributed by atoms with van der Waals surface area (Å²) in [6.07, 6.45) is 1.00. The summed E-state index contributed by atoms with van der Waals surface area (Å²) in [6.45, 7) is 6.48. The number of hydrogen-bond donors (Lipinski definition) is 1. The van der Waals surface area contributed by atoms with Gasteiger partial charge in [0.15, 0.2) is 0 Å². The van der Waals surface area contributed by atoms with E-state index in [1.807, 2.05) is 23.1 Å². The molecule has 0 amide bonds. The molecule has 2 atom stereocenters. The van der Waals surface area contributed by atoms with Crippen LogP contribution in [0, 0.1) is 13.8 Å². The first-order valence-corrected chi connectivity index (χ1v) is 8.40. The normalized spacial score (nSPS) is 14.3. The Bertz CT molecular complexity index is 533. The zero-order valence-corrected chi connectivity index (χ0v) is 13.4. The minimum atomic E-state index is 0.197. The van der Waals surface area contributed by atoms with Gasteiger partial charge in [-0.15, -0.1) is 23.1 Å². The predicted molar refractivity (Wildman–Crippen MR) is 87.1 cm³/mol. The number of nitrogens with two attached hydrogens (primary N) is 1. The molecule has 0 fully saturated rings. The van der Waals surface area contributed by atoms with Gasteiger partial charge in [0.05, 0.1) is 5.25 Å². The van der Waals surface area contributed by atoms with Crippen LogP contribution in [0.2, 0.25) is 0 Å². The molecule has 3 heteroatoms. The van der Waals surface area contributed by atoms with Gasteiger partial charge in [0.1, 0.15) is 0 Å². The van der Waals surface area contributed by atoms with Gasteiger partial charge < -0.3 is 5.73 Å². The first kappa shape index (κ1) is 14.6. The number of aryl methyl sites for hydroxylation is 2. The summed E-state index contributed by atoms with van der Waals surface area (Å²) in [6, 6.07) is 11.1. The predicted octanol–water partition coefficient (Wildman–Crippen LogP) is 4.94. The molecule has 2 N–H and O–H groups in total. The molecule has 1 aromatic carbocycles. The Hall–Kier alpha value is -0.770. The monoisotopic (exact) mass is 291 g/mol. The van der Waals surface area contributed by atoms with Crippen molar-refractivity contribution in [2.24, 2.45) is 5.73 Å². The van der Waals surface area contributed by atoms with Crippen LogP contribution in [0.1, 0.15) is 34.6 Å². The second-order valence-corrected chi connectivity index (χ2v) is 7.06. The highest BCUT2D eigenvalue weighted by Gasteiger charge is 2.22. The van der Waals surface area contributed by atoms with Gasteiger partial charge >= 0.3 is 0 Å². The van der Waals surface area contributed by atoms with Crippen molar-refractivity contribution >= 4 is 23.1 Å². The minimum Gasteiger partial charge on any atom is -0.326 e. The lowest BCUT2D eigenvalue weighted by molar-refractivity contribution is 0.638. The number of thiophene rings is 1. The zero-order chi connectivity index (χ0) is 13.8. The van der Waals surface area contributed by atoms with Gasteiger partial charge in [-0.2, -0.15) is 0 Å². The van der Waals surface area contributed by atoms with Gasteiger partial charge in [-0.1, -0.05) is 24.6 Å². The van der Waals surface area contributed by atoms with Crippen molar-refractivity contribution in [2.75, 3.05) is 0 Å². The fraction of sp³-hybridized carbons (Fsp3) is 0.375. The van der Waals surface area contributed by atoms with Crippen LogP contribution in [0.4, 0.5) is 0 Å². The molecule has 102 valence electrons. The maximum absolute atomic E-state index is 6.35. The Labute approximate surface area is 124 Å². The quantitative estimate of drug-likeness (QED) is 0.790. The average Bonchev–Trinajstić information content (AvgIpc) is 2.81. The Balaban J connectivity index is 2.27. The van der Waals surface area contributed by atoms with Crippen LogP contribution in [0.25, 0.3) is 0 Å². The van der Waals surface area contributed by atoms with E-state index in [-0.39, 0.29) is 6.04 Å². The van der Waals surface area contributed by atoms with E-state index in [1.54, 1.807) is 0 Å². The largest absolute Gasteiger partial charge is 0.326 e. The first-order chi connectivity index (χ1) is 9.11. The SMILES string of the molecule is CCC(N)C(Sc1cccc(C)c1)c1sccc1C. The lowest BCUT2D eigenvalue weighted by Gasteiger charge is -2.22. The Morgan fingerprint density at radius 3 is 2.63 bits per heavy atom.